The number of fused-ring (bicyclic) bond motifs is 4. The molecule has 3 heteroatoms. The molecular weight excluding hydrogens is 572 g/mol. The fraction of sp³-hybridized carbons (Fsp3) is 0. The summed E-state index contributed by atoms with van der Waals surface area (Å²) in [6.45, 7) is 0. The molecule has 0 aliphatic carbocycles. The predicted molar refractivity (Wildman–Crippen MR) is 194 cm³/mol. The van der Waals surface area contributed by atoms with Crippen molar-refractivity contribution in [3.8, 4) is 56.0 Å². The van der Waals surface area contributed by atoms with Crippen molar-refractivity contribution in [3.63, 3.8) is 0 Å². The molecule has 0 amide bonds. The minimum Gasteiger partial charge on any atom is -0.452 e. The number of benzene rings is 7. The Morgan fingerprint density at radius 3 is 1.53 bits per heavy atom. The Morgan fingerprint density at radius 2 is 0.851 bits per heavy atom. The van der Waals surface area contributed by atoms with Crippen molar-refractivity contribution in [1.29, 1.82) is 0 Å². The molecule has 0 spiro atoms. The molecule has 0 unspecified atom stereocenters. The molecule has 0 radical (unpaired) electrons. The summed E-state index contributed by atoms with van der Waals surface area (Å²) in [5.41, 5.74) is 12.1. The van der Waals surface area contributed by atoms with Crippen molar-refractivity contribution in [1.82, 2.24) is 9.97 Å². The molecule has 0 saturated carbocycles. The number of aromatic nitrogens is 2. The van der Waals surface area contributed by atoms with Crippen molar-refractivity contribution >= 4 is 32.8 Å². The molecule has 0 atom stereocenters. The first-order valence-electron chi connectivity index (χ1n) is 15.8. The standard InChI is InChI=1S/C44H28N2O/c1-3-11-29(12-4-1)30-21-23-31(24-22-30)33-17-9-18-34(25-33)35-19-10-20-38(26-35)44-45-41(32-13-5-2-6-14-32)43-42(46-44)39-27-36-15-7-8-16-37(36)28-40(39)47-43/h1-28H. The number of hydrogen-bond donors (Lipinski definition) is 0. The van der Waals surface area contributed by atoms with E-state index in [9.17, 15) is 0 Å². The quantitative estimate of drug-likeness (QED) is 0.197. The lowest BCUT2D eigenvalue weighted by Crippen LogP contribution is -1.94. The van der Waals surface area contributed by atoms with E-state index in [0.29, 0.717) is 11.4 Å². The van der Waals surface area contributed by atoms with Crippen LogP contribution >= 0.6 is 0 Å². The summed E-state index contributed by atoms with van der Waals surface area (Å²) < 4.78 is 6.49. The molecule has 47 heavy (non-hydrogen) atoms. The van der Waals surface area contributed by atoms with Crippen LogP contribution in [0, 0.1) is 0 Å². The lowest BCUT2D eigenvalue weighted by molar-refractivity contribution is 0.668. The summed E-state index contributed by atoms with van der Waals surface area (Å²) in [6, 6.07) is 59.3. The summed E-state index contributed by atoms with van der Waals surface area (Å²) in [7, 11) is 0. The SMILES string of the molecule is c1ccc(-c2ccc(-c3cccc(-c4cccc(-c5nc(-c6ccccc6)c6oc7cc8ccccc8cc7c6n5)c4)c3)cc2)cc1. The second-order valence-electron chi connectivity index (χ2n) is 11.8. The lowest BCUT2D eigenvalue weighted by atomic mass is 9.96. The molecule has 0 N–H and O–H groups in total. The first-order valence-corrected chi connectivity index (χ1v) is 15.8. The average molecular weight is 601 g/mol. The van der Waals surface area contributed by atoms with E-state index in [0.717, 1.165) is 55.2 Å². The lowest BCUT2D eigenvalue weighted by Gasteiger charge is -2.10. The van der Waals surface area contributed by atoms with Gasteiger partial charge in [0.1, 0.15) is 16.8 Å². The Kier molecular flexibility index (Phi) is 6.46. The Bertz CT molecular complexity index is 2550. The molecule has 0 aliphatic heterocycles. The van der Waals surface area contributed by atoms with Gasteiger partial charge in [0.15, 0.2) is 11.4 Å². The maximum atomic E-state index is 6.49. The van der Waals surface area contributed by atoms with Crippen LogP contribution in [0.3, 0.4) is 0 Å². The van der Waals surface area contributed by atoms with Gasteiger partial charge in [-0.2, -0.15) is 0 Å². The molecule has 2 heterocycles. The summed E-state index contributed by atoms with van der Waals surface area (Å²) in [4.78, 5) is 10.3. The van der Waals surface area contributed by atoms with Gasteiger partial charge in [0, 0.05) is 16.5 Å². The zero-order valence-electron chi connectivity index (χ0n) is 25.5. The molecule has 9 rings (SSSR count). The molecular formula is C44H28N2O. The molecule has 0 aliphatic rings. The van der Waals surface area contributed by atoms with Crippen LogP contribution in [0.4, 0.5) is 0 Å². The van der Waals surface area contributed by atoms with E-state index in [-0.39, 0.29) is 0 Å². The molecule has 2 aromatic heterocycles. The number of rotatable bonds is 5. The highest BCUT2D eigenvalue weighted by Crippen LogP contribution is 2.38. The predicted octanol–water partition coefficient (Wildman–Crippen LogP) is 11.9. The van der Waals surface area contributed by atoms with Gasteiger partial charge in [-0.1, -0.05) is 146 Å². The van der Waals surface area contributed by atoms with E-state index in [1.54, 1.807) is 0 Å². The monoisotopic (exact) mass is 600 g/mol. The molecule has 220 valence electrons. The Hall–Kier alpha value is -6.32. The zero-order chi connectivity index (χ0) is 31.2. The van der Waals surface area contributed by atoms with Crippen LogP contribution in [0.1, 0.15) is 0 Å². The second kappa shape index (κ2) is 11.2. The van der Waals surface area contributed by atoms with E-state index in [1.807, 2.05) is 24.3 Å². The largest absolute Gasteiger partial charge is 0.452 e. The summed E-state index contributed by atoms with van der Waals surface area (Å²) >= 11 is 0. The van der Waals surface area contributed by atoms with E-state index in [4.69, 9.17) is 14.4 Å². The van der Waals surface area contributed by atoms with Crippen molar-refractivity contribution < 1.29 is 4.42 Å². The van der Waals surface area contributed by atoms with Crippen molar-refractivity contribution in [2.24, 2.45) is 0 Å². The fourth-order valence-corrected chi connectivity index (χ4v) is 6.45. The maximum Gasteiger partial charge on any atom is 0.180 e. The van der Waals surface area contributed by atoms with Crippen LogP contribution in [0.15, 0.2) is 174 Å². The van der Waals surface area contributed by atoms with Crippen LogP contribution in [0.5, 0.6) is 0 Å². The molecule has 3 nitrogen and oxygen atoms in total. The Labute approximate surface area is 272 Å². The number of hydrogen-bond acceptors (Lipinski definition) is 3. The van der Waals surface area contributed by atoms with Crippen molar-refractivity contribution in [3.05, 3.63) is 170 Å². The van der Waals surface area contributed by atoms with E-state index < -0.39 is 0 Å². The van der Waals surface area contributed by atoms with Crippen LogP contribution in [-0.4, -0.2) is 9.97 Å². The van der Waals surface area contributed by atoms with E-state index in [2.05, 4.69) is 146 Å². The highest BCUT2D eigenvalue weighted by atomic mass is 16.3. The topological polar surface area (TPSA) is 38.9 Å². The van der Waals surface area contributed by atoms with Crippen molar-refractivity contribution in [2.45, 2.75) is 0 Å². The molecule has 0 saturated heterocycles. The van der Waals surface area contributed by atoms with Gasteiger partial charge in [0.25, 0.3) is 0 Å². The average Bonchev–Trinajstić information content (AvgIpc) is 3.51. The van der Waals surface area contributed by atoms with Gasteiger partial charge in [-0.15, -0.1) is 0 Å². The second-order valence-corrected chi connectivity index (χ2v) is 11.8. The first kappa shape index (κ1) is 27.0. The summed E-state index contributed by atoms with van der Waals surface area (Å²) in [6.07, 6.45) is 0. The van der Waals surface area contributed by atoms with Crippen LogP contribution in [0.2, 0.25) is 0 Å². The zero-order valence-corrected chi connectivity index (χ0v) is 25.5. The highest BCUT2D eigenvalue weighted by molar-refractivity contribution is 6.11. The third-order valence-electron chi connectivity index (χ3n) is 8.87. The third-order valence-corrected chi connectivity index (χ3v) is 8.87. The highest BCUT2D eigenvalue weighted by Gasteiger charge is 2.19. The van der Waals surface area contributed by atoms with E-state index >= 15 is 0 Å². The number of nitrogens with zero attached hydrogens (tertiary/aromatic N) is 2. The molecule has 0 bridgehead atoms. The van der Waals surface area contributed by atoms with Gasteiger partial charge < -0.3 is 4.42 Å². The Balaban J connectivity index is 1.14. The van der Waals surface area contributed by atoms with Crippen LogP contribution in [0.25, 0.3) is 88.9 Å². The minimum atomic E-state index is 0.668. The molecule has 0 fully saturated rings. The third kappa shape index (κ3) is 4.95. The molecule has 7 aromatic carbocycles. The Morgan fingerprint density at radius 1 is 0.362 bits per heavy atom. The van der Waals surface area contributed by atoms with Crippen molar-refractivity contribution in [2.75, 3.05) is 0 Å². The number of furan rings is 1. The first-order chi connectivity index (χ1) is 23.3. The van der Waals surface area contributed by atoms with Gasteiger partial charge >= 0.3 is 0 Å². The van der Waals surface area contributed by atoms with Gasteiger partial charge in [-0.05, 0) is 68.4 Å². The maximum absolute atomic E-state index is 6.49. The molecule has 9 aromatic rings. The summed E-state index contributed by atoms with van der Waals surface area (Å²) in [5, 5.41) is 3.28. The van der Waals surface area contributed by atoms with E-state index in [1.165, 1.54) is 22.3 Å². The smallest absolute Gasteiger partial charge is 0.180 e. The minimum absolute atomic E-state index is 0.668. The van der Waals surface area contributed by atoms with Gasteiger partial charge in [0.2, 0.25) is 0 Å². The fourth-order valence-electron chi connectivity index (χ4n) is 6.45. The van der Waals surface area contributed by atoms with Crippen LogP contribution < -0.4 is 0 Å². The van der Waals surface area contributed by atoms with Crippen LogP contribution in [-0.2, 0) is 0 Å². The normalized spacial score (nSPS) is 11.4. The van der Waals surface area contributed by atoms with Gasteiger partial charge in [-0.3, -0.25) is 0 Å². The van der Waals surface area contributed by atoms with Gasteiger partial charge in [-0.25, -0.2) is 9.97 Å². The van der Waals surface area contributed by atoms with Gasteiger partial charge in [0.05, 0.1) is 0 Å². The summed E-state index contributed by atoms with van der Waals surface area (Å²) in [5.74, 6) is 0.668.